The maximum atomic E-state index is 14.1. The van der Waals surface area contributed by atoms with Gasteiger partial charge < -0.3 is 15.2 Å². The lowest BCUT2D eigenvalue weighted by molar-refractivity contribution is -0.142. The Bertz CT molecular complexity index is 1120. The zero-order valence-electron chi connectivity index (χ0n) is 17.3. The minimum absolute atomic E-state index is 0.0174. The number of ether oxygens (including phenoxy) is 1. The van der Waals surface area contributed by atoms with E-state index in [2.05, 4.69) is 15.3 Å². The topological polar surface area (TPSA) is 104 Å². The predicted molar refractivity (Wildman–Crippen MR) is 113 cm³/mol. The lowest BCUT2D eigenvalue weighted by Crippen LogP contribution is -2.43. The Hall–Kier alpha value is -3.25. The number of carboxylic acids is 1. The van der Waals surface area contributed by atoms with Gasteiger partial charge in [0.25, 0.3) is 5.92 Å². The van der Waals surface area contributed by atoms with Gasteiger partial charge in [0, 0.05) is 30.2 Å². The maximum absolute atomic E-state index is 14.1. The summed E-state index contributed by atoms with van der Waals surface area (Å²) in [6.45, 7) is -1.08. The molecule has 0 unspecified atom stereocenters. The number of methoxy groups -OCH3 is 1. The van der Waals surface area contributed by atoms with Crippen LogP contribution in [0.5, 0.6) is 0 Å². The summed E-state index contributed by atoms with van der Waals surface area (Å²) in [4.78, 5) is 34.3. The van der Waals surface area contributed by atoms with Gasteiger partial charge in [-0.3, -0.25) is 14.7 Å². The zero-order chi connectivity index (χ0) is 23.8. The predicted octanol–water partition coefficient (Wildman–Crippen LogP) is 2.59. The molecule has 3 heterocycles. The van der Waals surface area contributed by atoms with Crippen LogP contribution >= 0.6 is 11.3 Å². The summed E-state index contributed by atoms with van der Waals surface area (Å²) in [6, 6.07) is 2.97. The number of aliphatic carboxylic acids is 1. The number of aromatic nitrogens is 1. The number of carbonyl (C=O) groups is 2. The molecule has 33 heavy (non-hydrogen) atoms. The summed E-state index contributed by atoms with van der Waals surface area (Å²) in [5.74, 6) is -5.55. The van der Waals surface area contributed by atoms with Crippen LogP contribution in [0.4, 0.5) is 13.2 Å². The van der Waals surface area contributed by atoms with Gasteiger partial charge in [-0.2, -0.15) is 0 Å². The van der Waals surface area contributed by atoms with Gasteiger partial charge in [-0.15, -0.1) is 11.3 Å². The molecule has 1 saturated heterocycles. The number of aliphatic imine (C=N–C) groups is 1. The Morgan fingerprint density at radius 2 is 2.06 bits per heavy atom. The Kier molecular flexibility index (Phi) is 6.21. The molecule has 2 atom stereocenters. The van der Waals surface area contributed by atoms with Gasteiger partial charge in [-0.1, -0.05) is 12.1 Å². The van der Waals surface area contributed by atoms with Gasteiger partial charge >= 0.3 is 11.9 Å². The van der Waals surface area contributed by atoms with Crippen molar-refractivity contribution in [3.05, 3.63) is 63.5 Å². The number of hydrogen-bond acceptors (Lipinski definition) is 8. The molecular weight excluding hydrogens is 461 g/mol. The monoisotopic (exact) mass is 480 g/mol. The highest BCUT2D eigenvalue weighted by Crippen LogP contribution is 2.36. The second-order valence-corrected chi connectivity index (χ2v) is 8.49. The van der Waals surface area contributed by atoms with Crippen LogP contribution in [0.25, 0.3) is 0 Å². The second-order valence-electron chi connectivity index (χ2n) is 7.60. The van der Waals surface area contributed by atoms with Crippen molar-refractivity contribution in [3.63, 3.8) is 0 Å². The molecular formula is C21H19F3N4O4S. The number of amidine groups is 1. The summed E-state index contributed by atoms with van der Waals surface area (Å²) in [5, 5.41) is 14.6. The summed E-state index contributed by atoms with van der Waals surface area (Å²) >= 11 is 1.26. The van der Waals surface area contributed by atoms with Crippen molar-refractivity contribution in [2.45, 2.75) is 24.4 Å². The van der Waals surface area contributed by atoms with Crippen molar-refractivity contribution >= 4 is 29.1 Å². The number of likely N-dealkylation sites (tertiary alicyclic amines) is 1. The van der Waals surface area contributed by atoms with E-state index in [0.717, 1.165) is 4.90 Å². The zero-order valence-corrected chi connectivity index (χ0v) is 18.1. The van der Waals surface area contributed by atoms with Crippen LogP contribution in [0.15, 0.2) is 52.1 Å². The van der Waals surface area contributed by atoms with Gasteiger partial charge in [-0.05, 0) is 17.7 Å². The molecule has 2 aliphatic heterocycles. The molecule has 0 amide bonds. The highest BCUT2D eigenvalue weighted by atomic mass is 32.1. The molecule has 1 aromatic carbocycles. The van der Waals surface area contributed by atoms with Gasteiger partial charge in [0.1, 0.15) is 17.9 Å². The van der Waals surface area contributed by atoms with Gasteiger partial charge in [0.15, 0.2) is 10.8 Å². The molecule has 8 nitrogen and oxygen atoms in total. The second kappa shape index (κ2) is 8.94. The molecule has 2 N–H and O–H groups in total. The first-order valence-corrected chi connectivity index (χ1v) is 10.7. The van der Waals surface area contributed by atoms with E-state index < -0.39 is 48.7 Å². The maximum Gasteiger partial charge on any atom is 0.338 e. The third kappa shape index (κ3) is 4.76. The number of benzene rings is 1. The highest BCUT2D eigenvalue weighted by molar-refractivity contribution is 7.11. The Morgan fingerprint density at radius 1 is 1.33 bits per heavy atom. The minimum atomic E-state index is -3.19. The number of esters is 1. The van der Waals surface area contributed by atoms with E-state index in [1.807, 2.05) is 0 Å². The van der Waals surface area contributed by atoms with E-state index >= 15 is 0 Å². The number of alkyl halides is 2. The van der Waals surface area contributed by atoms with Crippen molar-refractivity contribution in [3.8, 4) is 0 Å². The quantitative estimate of drug-likeness (QED) is 0.613. The number of nitrogens with zero attached hydrogens (tertiary/aromatic N) is 3. The fraction of sp³-hybridized carbons (Fsp3) is 0.333. The van der Waals surface area contributed by atoms with Crippen molar-refractivity contribution in [2.75, 3.05) is 20.2 Å². The minimum Gasteiger partial charge on any atom is -0.480 e. The van der Waals surface area contributed by atoms with Crippen LogP contribution in [0.1, 0.15) is 23.0 Å². The summed E-state index contributed by atoms with van der Waals surface area (Å²) in [5.41, 5.74) is 0.649. The van der Waals surface area contributed by atoms with E-state index in [0.29, 0.717) is 10.6 Å². The van der Waals surface area contributed by atoms with Crippen LogP contribution < -0.4 is 5.32 Å². The van der Waals surface area contributed by atoms with Gasteiger partial charge in [0.05, 0.1) is 19.2 Å². The Labute approximate surface area is 190 Å². The molecule has 0 saturated carbocycles. The van der Waals surface area contributed by atoms with Crippen LogP contribution in [0.3, 0.4) is 0 Å². The lowest BCUT2D eigenvalue weighted by Gasteiger charge is -2.30. The number of rotatable bonds is 6. The van der Waals surface area contributed by atoms with Crippen molar-refractivity contribution in [2.24, 2.45) is 4.99 Å². The van der Waals surface area contributed by atoms with E-state index in [9.17, 15) is 27.9 Å². The first-order chi connectivity index (χ1) is 15.7. The highest BCUT2D eigenvalue weighted by Gasteiger charge is 2.49. The number of halogens is 3. The molecule has 12 heteroatoms. The molecule has 4 rings (SSSR count). The summed E-state index contributed by atoms with van der Waals surface area (Å²) in [6.07, 6.45) is 0.718. The van der Waals surface area contributed by atoms with Gasteiger partial charge in [-0.25, -0.2) is 22.9 Å². The van der Waals surface area contributed by atoms with Crippen LogP contribution in [-0.4, -0.2) is 64.9 Å². The molecule has 0 bridgehead atoms. The van der Waals surface area contributed by atoms with E-state index in [1.54, 1.807) is 11.6 Å². The number of hydrogen-bond donors (Lipinski definition) is 2. The summed E-state index contributed by atoms with van der Waals surface area (Å²) in [7, 11) is 1.17. The van der Waals surface area contributed by atoms with Crippen LogP contribution in [0.2, 0.25) is 0 Å². The van der Waals surface area contributed by atoms with Gasteiger partial charge in [0.2, 0.25) is 0 Å². The third-order valence-electron chi connectivity index (χ3n) is 5.37. The average molecular weight is 480 g/mol. The van der Waals surface area contributed by atoms with Crippen LogP contribution in [0, 0.1) is 5.82 Å². The number of carboxylic acid groups (broad SMARTS) is 1. The van der Waals surface area contributed by atoms with E-state index in [1.165, 1.54) is 42.7 Å². The largest absolute Gasteiger partial charge is 0.480 e. The summed E-state index contributed by atoms with van der Waals surface area (Å²) < 4.78 is 46.6. The normalized spacial score (nSPS) is 22.6. The fourth-order valence-corrected chi connectivity index (χ4v) is 4.49. The lowest BCUT2D eigenvalue weighted by atomic mass is 9.95. The fourth-order valence-electron chi connectivity index (χ4n) is 3.90. The number of nitrogens with one attached hydrogen (secondary N) is 1. The van der Waals surface area contributed by atoms with Crippen molar-refractivity contribution in [1.82, 2.24) is 15.2 Å². The van der Waals surface area contributed by atoms with Crippen molar-refractivity contribution in [1.29, 1.82) is 0 Å². The molecule has 2 aromatic rings. The van der Waals surface area contributed by atoms with Crippen LogP contribution in [-0.2, 0) is 14.3 Å². The molecule has 1 aromatic heterocycles. The molecule has 2 aliphatic rings. The molecule has 1 fully saturated rings. The molecule has 0 radical (unpaired) electrons. The van der Waals surface area contributed by atoms with Crippen molar-refractivity contribution < 1.29 is 32.6 Å². The first kappa shape index (κ1) is 22.9. The Morgan fingerprint density at radius 3 is 2.67 bits per heavy atom. The first-order valence-electron chi connectivity index (χ1n) is 9.84. The molecule has 0 spiro atoms. The number of carbonyl (C=O) groups excluding carboxylic acids is 1. The molecule has 0 aliphatic carbocycles. The standard InChI is InChI=1S/C21H19F3N4O4S/c1-32-20(31)15-13(9-28-10-21(23,24)8-14(28)19(29)30)26-17(18-25-6-7-33-18)27-16(15)11-2-4-12(22)5-3-11/h2-7,14,16H,8-10H2,1H3,(H,26,27)(H,29,30)/t14-,16-/m0/s1. The van der Waals surface area contributed by atoms with E-state index in [-0.39, 0.29) is 23.7 Å². The SMILES string of the molecule is COC(=O)C1=C(CN2CC(F)(F)C[C@H]2C(=O)O)NC(c2nccs2)=N[C@H]1c1ccc(F)cc1. The average Bonchev–Trinajstić information content (AvgIpc) is 3.41. The molecule has 174 valence electrons. The Balaban J connectivity index is 1.80. The van der Waals surface area contributed by atoms with E-state index in [4.69, 9.17) is 4.74 Å². The smallest absolute Gasteiger partial charge is 0.338 e. The number of thiazole rings is 1. The third-order valence-corrected chi connectivity index (χ3v) is 6.15.